The van der Waals surface area contributed by atoms with Crippen molar-refractivity contribution in [2.45, 2.75) is 77.9 Å². The van der Waals surface area contributed by atoms with Gasteiger partial charge >= 0.3 is 6.18 Å². The quantitative estimate of drug-likeness (QED) is 0.452. The summed E-state index contributed by atoms with van der Waals surface area (Å²) in [6.45, 7) is 15.3. The first-order valence-corrected chi connectivity index (χ1v) is 15.6. The maximum Gasteiger partial charge on any atom is 0.417 e. The number of hydrogen-bond donors (Lipinski definition) is 1. The molecular weight excluding hydrogens is 513 g/mol. The maximum atomic E-state index is 13.9. The number of aryl methyl sites for hydroxylation is 1. The number of carboxylic acids is 1. The Balaban J connectivity index is 1.86. The van der Waals surface area contributed by atoms with Gasteiger partial charge in [0.25, 0.3) is 5.91 Å². The van der Waals surface area contributed by atoms with Crippen molar-refractivity contribution in [3.63, 3.8) is 0 Å². The van der Waals surface area contributed by atoms with Crippen LogP contribution in [0.15, 0.2) is 30.3 Å². The first-order valence-electron chi connectivity index (χ1n) is 12.7. The molecule has 0 spiro atoms. The minimum atomic E-state index is -4.74. The Bertz CT molecular complexity index is 1210. The minimum absolute atomic E-state index is 0.0804. The molecule has 1 aliphatic heterocycles. The Morgan fingerprint density at radius 3 is 2.16 bits per heavy atom. The standard InChI is InChI=1S/C28H37F3N2O4Si/c1-17-8-10-21(26(35)36)18(2)24(17)32-25(34)22-16-19(9-11-23(22)28(29,30)31)33-14-12-20(13-15-33)37-38(6,7)27(3,4)5/h8-11,16,20H,12-15H2,1-7H3,(H,32,34)(H,35,36)/p-1. The smallest absolute Gasteiger partial charge is 0.417 e. The number of halogens is 3. The molecule has 1 fully saturated rings. The number of piperidine rings is 1. The van der Waals surface area contributed by atoms with Gasteiger partial charge in [-0.05, 0) is 74.1 Å². The summed E-state index contributed by atoms with van der Waals surface area (Å²) in [5.41, 5.74) is -0.307. The van der Waals surface area contributed by atoms with E-state index >= 15 is 0 Å². The normalized spacial score (nSPS) is 15.5. The minimum Gasteiger partial charge on any atom is -0.545 e. The molecule has 2 aromatic rings. The van der Waals surface area contributed by atoms with E-state index in [2.05, 4.69) is 39.2 Å². The van der Waals surface area contributed by atoms with Crippen LogP contribution in [0, 0.1) is 13.8 Å². The molecule has 10 heteroatoms. The van der Waals surface area contributed by atoms with E-state index in [1.165, 1.54) is 31.2 Å². The van der Waals surface area contributed by atoms with Crippen LogP contribution in [0.3, 0.4) is 0 Å². The Hall–Kier alpha value is -2.85. The van der Waals surface area contributed by atoms with Gasteiger partial charge in [0.1, 0.15) is 0 Å². The lowest BCUT2D eigenvalue weighted by molar-refractivity contribution is -0.255. The van der Waals surface area contributed by atoms with Gasteiger partial charge < -0.3 is 24.5 Å². The second-order valence-corrected chi connectivity index (χ2v) is 16.2. The number of hydrogen-bond acceptors (Lipinski definition) is 5. The number of anilines is 2. The lowest BCUT2D eigenvalue weighted by atomic mass is 10.0. The van der Waals surface area contributed by atoms with Gasteiger partial charge in [0, 0.05) is 36.1 Å². The third-order valence-corrected chi connectivity index (χ3v) is 12.3. The Labute approximate surface area is 223 Å². The fourth-order valence-corrected chi connectivity index (χ4v) is 5.85. The van der Waals surface area contributed by atoms with Crippen molar-refractivity contribution in [1.29, 1.82) is 0 Å². The van der Waals surface area contributed by atoms with Gasteiger partial charge in [-0.15, -0.1) is 0 Å². The molecule has 1 heterocycles. The molecule has 1 amide bonds. The first-order chi connectivity index (χ1) is 17.4. The molecule has 0 unspecified atom stereocenters. The molecule has 6 nitrogen and oxygen atoms in total. The van der Waals surface area contributed by atoms with Crippen molar-refractivity contribution < 1.29 is 32.3 Å². The fourth-order valence-electron chi connectivity index (χ4n) is 4.43. The molecule has 1 N–H and O–H groups in total. The number of carboxylic acid groups (broad SMARTS) is 1. The number of alkyl halides is 3. The van der Waals surface area contributed by atoms with E-state index in [-0.39, 0.29) is 28.0 Å². The zero-order valence-electron chi connectivity index (χ0n) is 23.0. The topological polar surface area (TPSA) is 81.7 Å². The zero-order chi connectivity index (χ0) is 28.6. The van der Waals surface area contributed by atoms with E-state index in [0.717, 1.165) is 18.9 Å². The third-order valence-electron chi connectivity index (χ3n) is 7.76. The number of nitrogens with one attached hydrogen (secondary N) is 1. The van der Waals surface area contributed by atoms with Crippen LogP contribution < -0.4 is 15.3 Å². The molecule has 208 valence electrons. The van der Waals surface area contributed by atoms with Crippen LogP contribution in [0.4, 0.5) is 24.5 Å². The number of benzene rings is 2. The third kappa shape index (κ3) is 6.40. The van der Waals surface area contributed by atoms with Gasteiger partial charge in [-0.1, -0.05) is 32.9 Å². The lowest BCUT2D eigenvalue weighted by Gasteiger charge is -2.42. The van der Waals surface area contributed by atoms with E-state index in [1.807, 2.05) is 4.90 Å². The molecule has 1 aliphatic rings. The zero-order valence-corrected chi connectivity index (χ0v) is 24.0. The van der Waals surface area contributed by atoms with Crippen molar-refractivity contribution >= 4 is 31.6 Å². The Kier molecular flexibility index (Phi) is 8.38. The largest absolute Gasteiger partial charge is 0.545 e. The van der Waals surface area contributed by atoms with Crippen LogP contribution in [0.25, 0.3) is 0 Å². The van der Waals surface area contributed by atoms with Crippen molar-refractivity contribution in [1.82, 2.24) is 0 Å². The second-order valence-electron chi connectivity index (χ2n) is 11.5. The predicted octanol–water partition coefficient (Wildman–Crippen LogP) is 5.93. The van der Waals surface area contributed by atoms with Crippen LogP contribution in [-0.2, 0) is 10.6 Å². The molecular formula is C28H36F3N2O4Si-. The Morgan fingerprint density at radius 2 is 1.63 bits per heavy atom. The highest BCUT2D eigenvalue weighted by Gasteiger charge is 2.40. The summed E-state index contributed by atoms with van der Waals surface area (Å²) in [6.07, 6.45) is -3.18. The molecule has 0 saturated carbocycles. The molecule has 0 bridgehead atoms. The SMILES string of the molecule is Cc1ccc(C(=O)[O-])c(C)c1NC(=O)c1cc(N2CCC(O[Si](C)(C)C(C)(C)C)CC2)ccc1C(F)(F)F. The number of aromatic carboxylic acids is 1. The highest BCUT2D eigenvalue weighted by atomic mass is 28.4. The van der Waals surface area contributed by atoms with Gasteiger partial charge in [-0.3, -0.25) is 4.79 Å². The average molecular weight is 550 g/mol. The van der Waals surface area contributed by atoms with Crippen LogP contribution >= 0.6 is 0 Å². The van der Waals surface area contributed by atoms with Crippen molar-refractivity contribution in [3.8, 4) is 0 Å². The highest BCUT2D eigenvalue weighted by Crippen LogP contribution is 2.39. The molecule has 38 heavy (non-hydrogen) atoms. The number of amides is 1. The van der Waals surface area contributed by atoms with Crippen LogP contribution in [0.5, 0.6) is 0 Å². The van der Waals surface area contributed by atoms with Crippen LogP contribution in [-0.4, -0.2) is 39.4 Å². The number of carbonyl (C=O) groups excluding carboxylic acids is 2. The van der Waals surface area contributed by atoms with E-state index < -0.39 is 37.5 Å². The van der Waals surface area contributed by atoms with E-state index in [9.17, 15) is 27.9 Å². The number of nitrogens with zero attached hydrogens (tertiary/aromatic N) is 1. The predicted molar refractivity (Wildman–Crippen MR) is 143 cm³/mol. The summed E-state index contributed by atoms with van der Waals surface area (Å²) in [5.74, 6) is -2.39. The Morgan fingerprint density at radius 1 is 1.03 bits per heavy atom. The van der Waals surface area contributed by atoms with E-state index in [4.69, 9.17) is 4.43 Å². The molecule has 3 rings (SSSR count). The fraction of sp³-hybridized carbons (Fsp3) is 0.500. The maximum absolute atomic E-state index is 13.9. The lowest BCUT2D eigenvalue weighted by Crippen LogP contribution is -2.47. The van der Waals surface area contributed by atoms with Gasteiger partial charge in [-0.25, -0.2) is 0 Å². The summed E-state index contributed by atoms with van der Waals surface area (Å²) in [5, 5.41) is 14.0. The van der Waals surface area contributed by atoms with E-state index in [1.54, 1.807) is 6.92 Å². The molecule has 0 aromatic heterocycles. The van der Waals surface area contributed by atoms with Crippen molar-refractivity contribution in [2.24, 2.45) is 0 Å². The van der Waals surface area contributed by atoms with Gasteiger partial charge in [-0.2, -0.15) is 13.2 Å². The van der Waals surface area contributed by atoms with Crippen molar-refractivity contribution in [3.05, 3.63) is 58.1 Å². The second kappa shape index (κ2) is 10.7. The van der Waals surface area contributed by atoms with Gasteiger partial charge in [0.05, 0.1) is 17.1 Å². The summed E-state index contributed by atoms with van der Waals surface area (Å²) < 4.78 is 48.1. The molecule has 1 saturated heterocycles. The van der Waals surface area contributed by atoms with Gasteiger partial charge in [0.2, 0.25) is 0 Å². The first kappa shape index (κ1) is 29.7. The van der Waals surface area contributed by atoms with Crippen LogP contribution in [0.1, 0.15) is 71.0 Å². The summed E-state index contributed by atoms with van der Waals surface area (Å²) in [6, 6.07) is 6.41. The molecule has 0 aliphatic carbocycles. The molecule has 0 atom stereocenters. The monoisotopic (exact) mass is 549 g/mol. The number of carbonyl (C=O) groups is 2. The summed E-state index contributed by atoms with van der Waals surface area (Å²) >= 11 is 0. The number of rotatable bonds is 6. The highest BCUT2D eigenvalue weighted by molar-refractivity contribution is 6.74. The summed E-state index contributed by atoms with van der Waals surface area (Å²) in [7, 11) is -1.94. The molecule has 2 aromatic carbocycles. The average Bonchev–Trinajstić information content (AvgIpc) is 2.80. The van der Waals surface area contributed by atoms with Crippen LogP contribution in [0.2, 0.25) is 18.1 Å². The molecule has 0 radical (unpaired) electrons. The van der Waals surface area contributed by atoms with Gasteiger partial charge in [0.15, 0.2) is 8.32 Å². The van der Waals surface area contributed by atoms with E-state index in [0.29, 0.717) is 24.3 Å². The van der Waals surface area contributed by atoms with Crippen molar-refractivity contribution in [2.75, 3.05) is 23.3 Å². The summed E-state index contributed by atoms with van der Waals surface area (Å²) in [4.78, 5) is 26.6.